The van der Waals surface area contributed by atoms with Crippen molar-refractivity contribution in [3.8, 4) is 17.2 Å². The van der Waals surface area contributed by atoms with E-state index in [1.807, 2.05) is 32.6 Å². The Labute approximate surface area is 195 Å². The number of benzene rings is 2. The van der Waals surface area contributed by atoms with Gasteiger partial charge in [0.05, 0.1) is 20.3 Å². The number of methoxy groups -OCH3 is 1. The molecule has 3 N–H and O–H groups in total. The second-order valence-electron chi connectivity index (χ2n) is 8.18. The van der Waals surface area contributed by atoms with Gasteiger partial charge in [0.1, 0.15) is 5.75 Å². The summed E-state index contributed by atoms with van der Waals surface area (Å²) >= 11 is 0. The van der Waals surface area contributed by atoms with Gasteiger partial charge in [0.15, 0.2) is 17.3 Å². The van der Waals surface area contributed by atoms with Crippen molar-refractivity contribution in [1.82, 2.24) is 4.90 Å². The van der Waals surface area contributed by atoms with Crippen LogP contribution in [0.3, 0.4) is 0 Å². The molecule has 0 atom stereocenters. The number of nitrogens with zero attached hydrogens (tertiary/aromatic N) is 2. The minimum absolute atomic E-state index is 0.0265. The molecule has 0 bridgehead atoms. The molecule has 0 radical (unpaired) electrons. The fraction of sp³-hybridized carbons (Fsp3) is 0.440. The minimum atomic E-state index is -0.0265. The topological polar surface area (TPSA) is 107 Å². The number of unbranched alkanes of at least 4 members (excludes halogenated alkanes) is 1. The third-order valence-corrected chi connectivity index (χ3v) is 5.08. The van der Waals surface area contributed by atoms with Crippen LogP contribution in [0.1, 0.15) is 56.5 Å². The Morgan fingerprint density at radius 1 is 0.939 bits per heavy atom. The van der Waals surface area contributed by atoms with Crippen molar-refractivity contribution < 1.29 is 24.2 Å². The highest BCUT2D eigenvalue weighted by molar-refractivity contribution is 5.97. The van der Waals surface area contributed by atoms with E-state index in [9.17, 15) is 4.79 Å². The summed E-state index contributed by atoms with van der Waals surface area (Å²) in [6, 6.07) is 12.5. The Morgan fingerprint density at radius 2 is 1.52 bits per heavy atom. The maximum atomic E-state index is 12.9. The van der Waals surface area contributed by atoms with Crippen molar-refractivity contribution in [2.24, 2.45) is 10.9 Å². The highest BCUT2D eigenvalue weighted by Crippen LogP contribution is 2.29. The van der Waals surface area contributed by atoms with Gasteiger partial charge in [0.25, 0.3) is 5.91 Å². The summed E-state index contributed by atoms with van der Waals surface area (Å²) in [6.07, 6.45) is 1.60. The van der Waals surface area contributed by atoms with E-state index in [1.54, 1.807) is 49.6 Å². The Hall–Kier alpha value is -3.42. The summed E-state index contributed by atoms with van der Waals surface area (Å²) in [4.78, 5) is 14.8. The second kappa shape index (κ2) is 12.6. The highest BCUT2D eigenvalue weighted by Gasteiger charge is 2.22. The molecule has 2 aromatic rings. The molecular formula is C25H35N3O5. The molecule has 180 valence electrons. The van der Waals surface area contributed by atoms with Crippen LogP contribution in [0.25, 0.3) is 0 Å². The molecule has 33 heavy (non-hydrogen) atoms. The highest BCUT2D eigenvalue weighted by atomic mass is 16.5. The van der Waals surface area contributed by atoms with E-state index in [0.29, 0.717) is 41.6 Å². The lowest BCUT2D eigenvalue weighted by molar-refractivity contribution is 0.0643. The Bertz CT molecular complexity index is 918. The van der Waals surface area contributed by atoms with Crippen LogP contribution in [0.15, 0.2) is 47.6 Å². The van der Waals surface area contributed by atoms with Gasteiger partial charge in [0, 0.05) is 23.2 Å². The molecule has 1 amide bonds. The third-order valence-electron chi connectivity index (χ3n) is 5.08. The van der Waals surface area contributed by atoms with Crippen molar-refractivity contribution in [2.45, 2.75) is 52.6 Å². The Balaban J connectivity index is 1.83. The lowest BCUT2D eigenvalue weighted by atomic mass is 10.1. The number of amides is 1. The lowest BCUT2D eigenvalue weighted by Crippen LogP contribution is -2.42. The van der Waals surface area contributed by atoms with Gasteiger partial charge in [-0.1, -0.05) is 5.16 Å². The Morgan fingerprint density at radius 3 is 2.06 bits per heavy atom. The van der Waals surface area contributed by atoms with E-state index in [2.05, 4.69) is 5.16 Å². The maximum absolute atomic E-state index is 12.9. The summed E-state index contributed by atoms with van der Waals surface area (Å²) in [6.45, 7) is 9.07. The first kappa shape index (κ1) is 25.8. The molecule has 0 aromatic heterocycles. The zero-order valence-electron chi connectivity index (χ0n) is 20.1. The second-order valence-corrected chi connectivity index (χ2v) is 8.18. The Kier molecular flexibility index (Phi) is 9.84. The van der Waals surface area contributed by atoms with Gasteiger partial charge in [-0.3, -0.25) is 4.79 Å². The largest absolute Gasteiger partial charge is 0.494 e. The van der Waals surface area contributed by atoms with E-state index in [0.717, 1.165) is 12.8 Å². The number of rotatable bonds is 12. The molecule has 0 aliphatic rings. The van der Waals surface area contributed by atoms with Crippen molar-refractivity contribution in [2.75, 3.05) is 20.3 Å². The van der Waals surface area contributed by atoms with E-state index < -0.39 is 0 Å². The number of hydrogen-bond donors (Lipinski definition) is 2. The van der Waals surface area contributed by atoms with Crippen LogP contribution in [0, 0.1) is 0 Å². The first-order chi connectivity index (χ1) is 15.8. The molecule has 0 heterocycles. The molecular weight excluding hydrogens is 422 g/mol. The number of ether oxygens (including phenoxy) is 3. The molecule has 0 aliphatic heterocycles. The molecule has 0 aliphatic carbocycles. The SMILES string of the molecule is COc1cc(C(=O)N(C(C)C)C(C)C)ccc1OCCCCOc1ccc(C(N)=NO)cc1. The van der Waals surface area contributed by atoms with E-state index in [4.69, 9.17) is 25.2 Å². The standard InChI is InChI=1S/C25H35N3O5/c1-17(2)28(18(3)4)25(29)20-10-13-22(23(16-20)31-5)33-15-7-6-14-32-21-11-8-19(9-12-21)24(26)27-30/h8-13,16-18,30H,6-7,14-15H2,1-5H3,(H2,26,27). The molecule has 8 heteroatoms. The summed E-state index contributed by atoms with van der Waals surface area (Å²) in [7, 11) is 1.57. The summed E-state index contributed by atoms with van der Waals surface area (Å²) in [5, 5.41) is 11.7. The summed E-state index contributed by atoms with van der Waals surface area (Å²) in [5.41, 5.74) is 6.75. The van der Waals surface area contributed by atoms with Crippen molar-refractivity contribution in [1.29, 1.82) is 0 Å². The molecule has 0 unspecified atom stereocenters. The normalized spacial score (nSPS) is 11.5. The molecule has 8 nitrogen and oxygen atoms in total. The van der Waals surface area contributed by atoms with Crippen molar-refractivity contribution in [3.63, 3.8) is 0 Å². The number of oxime groups is 1. The van der Waals surface area contributed by atoms with E-state index in [1.165, 1.54) is 0 Å². The maximum Gasteiger partial charge on any atom is 0.254 e. The first-order valence-corrected chi connectivity index (χ1v) is 11.1. The number of carbonyl (C=O) groups is 1. The quantitative estimate of drug-likeness (QED) is 0.162. The third kappa shape index (κ3) is 7.30. The lowest BCUT2D eigenvalue weighted by Gasteiger charge is -2.31. The number of carbonyl (C=O) groups excluding carboxylic acids is 1. The van der Waals surface area contributed by atoms with Gasteiger partial charge in [-0.15, -0.1) is 0 Å². The minimum Gasteiger partial charge on any atom is -0.494 e. The van der Waals surface area contributed by atoms with Crippen LogP contribution >= 0.6 is 0 Å². The fourth-order valence-corrected chi connectivity index (χ4v) is 3.49. The molecule has 0 saturated heterocycles. The van der Waals surface area contributed by atoms with Crippen LogP contribution in [-0.2, 0) is 0 Å². The van der Waals surface area contributed by atoms with Crippen LogP contribution in [-0.4, -0.2) is 54.3 Å². The smallest absolute Gasteiger partial charge is 0.254 e. The zero-order valence-corrected chi connectivity index (χ0v) is 20.1. The number of nitrogens with two attached hydrogens (primary N) is 1. The first-order valence-electron chi connectivity index (χ1n) is 11.1. The van der Waals surface area contributed by atoms with Gasteiger partial charge < -0.3 is 30.1 Å². The van der Waals surface area contributed by atoms with Crippen molar-refractivity contribution in [3.05, 3.63) is 53.6 Å². The van der Waals surface area contributed by atoms with Gasteiger partial charge in [-0.05, 0) is 83.0 Å². The van der Waals surface area contributed by atoms with Crippen molar-refractivity contribution >= 4 is 11.7 Å². The molecule has 0 spiro atoms. The molecule has 0 fully saturated rings. The molecule has 2 rings (SSSR count). The van der Waals surface area contributed by atoms with Gasteiger partial charge in [-0.25, -0.2) is 0 Å². The molecule has 0 saturated carbocycles. The van der Waals surface area contributed by atoms with Crippen LogP contribution < -0.4 is 19.9 Å². The fourth-order valence-electron chi connectivity index (χ4n) is 3.49. The van der Waals surface area contributed by atoms with Crippen LogP contribution in [0.2, 0.25) is 0 Å². The van der Waals surface area contributed by atoms with Gasteiger partial charge in [0.2, 0.25) is 0 Å². The number of amidine groups is 1. The van der Waals surface area contributed by atoms with E-state index >= 15 is 0 Å². The number of hydrogen-bond acceptors (Lipinski definition) is 6. The predicted octanol–water partition coefficient (Wildman–Crippen LogP) is 4.29. The van der Waals surface area contributed by atoms with Crippen LogP contribution in [0.5, 0.6) is 17.2 Å². The monoisotopic (exact) mass is 457 g/mol. The van der Waals surface area contributed by atoms with E-state index in [-0.39, 0.29) is 23.8 Å². The predicted molar refractivity (Wildman–Crippen MR) is 129 cm³/mol. The van der Waals surface area contributed by atoms with Crippen LogP contribution in [0.4, 0.5) is 0 Å². The zero-order chi connectivity index (χ0) is 24.4. The van der Waals surface area contributed by atoms with Gasteiger partial charge in [-0.2, -0.15) is 0 Å². The summed E-state index contributed by atoms with van der Waals surface area (Å²) < 4.78 is 17.0. The summed E-state index contributed by atoms with van der Waals surface area (Å²) in [5.74, 6) is 1.89. The average molecular weight is 458 g/mol. The average Bonchev–Trinajstić information content (AvgIpc) is 2.80. The molecule has 2 aromatic carbocycles. The van der Waals surface area contributed by atoms with Gasteiger partial charge >= 0.3 is 0 Å².